The molecule has 1 aliphatic rings. The van der Waals surface area contributed by atoms with Crippen LogP contribution in [0.5, 0.6) is 0 Å². The average molecular weight is 297 g/mol. The zero-order valence-electron chi connectivity index (χ0n) is 10.8. The number of amides is 1. The topological polar surface area (TPSA) is 54.0 Å². The number of hydrogen-bond acceptors (Lipinski definition) is 5. The Hall–Kier alpha value is -0.720. The van der Waals surface area contributed by atoms with Crippen LogP contribution in [0.4, 0.5) is 0 Å². The Balaban J connectivity index is 1.56. The molecule has 19 heavy (non-hydrogen) atoms. The molecule has 1 aliphatic heterocycles. The fraction of sp³-hybridized carbons (Fsp3) is 0.538. The number of carbonyl (C=O) groups excluding carboxylic acids is 1. The van der Waals surface area contributed by atoms with Gasteiger partial charge in [-0.15, -0.1) is 0 Å². The summed E-state index contributed by atoms with van der Waals surface area (Å²) < 4.78 is 0. The summed E-state index contributed by atoms with van der Waals surface area (Å²) in [5.41, 5.74) is 0. The molecule has 1 saturated heterocycles. The highest BCUT2D eigenvalue weighted by atomic mass is 33.1. The lowest BCUT2D eigenvalue weighted by atomic mass is 10.1. The maximum absolute atomic E-state index is 11.8. The van der Waals surface area contributed by atoms with E-state index in [1.54, 1.807) is 27.8 Å². The number of piperidine rings is 1. The lowest BCUT2D eigenvalue weighted by molar-refractivity contribution is -0.121. The number of aromatic nitrogens is 1. The monoisotopic (exact) mass is 297 g/mol. The third-order valence-electron chi connectivity index (χ3n) is 2.90. The van der Waals surface area contributed by atoms with E-state index in [0.29, 0.717) is 12.5 Å². The minimum absolute atomic E-state index is 0.168. The van der Waals surface area contributed by atoms with Crippen LogP contribution >= 0.6 is 21.6 Å². The van der Waals surface area contributed by atoms with Gasteiger partial charge < -0.3 is 10.6 Å². The van der Waals surface area contributed by atoms with Gasteiger partial charge in [-0.2, -0.15) is 0 Å². The van der Waals surface area contributed by atoms with Gasteiger partial charge in [-0.3, -0.25) is 4.79 Å². The van der Waals surface area contributed by atoms with Gasteiger partial charge in [0.2, 0.25) is 5.91 Å². The molecule has 4 nitrogen and oxygen atoms in total. The second kappa shape index (κ2) is 8.45. The Morgan fingerprint density at radius 2 is 2.26 bits per heavy atom. The summed E-state index contributed by atoms with van der Waals surface area (Å²) >= 11 is 0. The second-order valence-corrected chi connectivity index (χ2v) is 6.85. The summed E-state index contributed by atoms with van der Waals surface area (Å²) in [6, 6.07) is 6.22. The van der Waals surface area contributed by atoms with Crippen molar-refractivity contribution in [3.8, 4) is 0 Å². The normalized spacial score (nSPS) is 16.2. The zero-order chi connectivity index (χ0) is 13.3. The molecule has 0 aromatic carbocycles. The standard InChI is InChI=1S/C13H19N3OS2/c17-12(16-11-4-8-14-9-5-11)6-10-18-19-13-3-1-2-7-15-13/h1-3,7,11,14H,4-6,8-10H2,(H,16,17). The van der Waals surface area contributed by atoms with Crippen molar-refractivity contribution in [2.75, 3.05) is 18.8 Å². The Bertz CT molecular complexity index is 383. The molecule has 0 aliphatic carbocycles. The fourth-order valence-corrected chi connectivity index (χ4v) is 3.77. The summed E-state index contributed by atoms with van der Waals surface area (Å²) in [4.78, 5) is 16.0. The van der Waals surface area contributed by atoms with Crippen molar-refractivity contribution >= 4 is 27.5 Å². The van der Waals surface area contributed by atoms with Crippen LogP contribution in [-0.2, 0) is 4.79 Å². The van der Waals surface area contributed by atoms with Gasteiger partial charge in [0.25, 0.3) is 0 Å². The zero-order valence-corrected chi connectivity index (χ0v) is 12.4. The Morgan fingerprint density at radius 3 is 3.00 bits per heavy atom. The number of hydrogen-bond donors (Lipinski definition) is 2. The Labute approximate surface area is 121 Å². The smallest absolute Gasteiger partial charge is 0.221 e. The molecule has 0 unspecified atom stereocenters. The van der Waals surface area contributed by atoms with E-state index in [2.05, 4.69) is 15.6 Å². The van der Waals surface area contributed by atoms with Gasteiger partial charge in [0.05, 0.1) is 0 Å². The number of carbonyl (C=O) groups is 1. The highest BCUT2D eigenvalue weighted by molar-refractivity contribution is 8.76. The first kappa shape index (κ1) is 14.7. The quantitative estimate of drug-likeness (QED) is 0.622. The van der Waals surface area contributed by atoms with Gasteiger partial charge in [-0.25, -0.2) is 4.98 Å². The van der Waals surface area contributed by atoms with Gasteiger partial charge in [-0.05, 0) is 48.9 Å². The summed E-state index contributed by atoms with van der Waals surface area (Å²) in [7, 11) is 3.30. The first-order valence-electron chi connectivity index (χ1n) is 6.55. The largest absolute Gasteiger partial charge is 0.353 e. The molecule has 0 bridgehead atoms. The highest BCUT2D eigenvalue weighted by Crippen LogP contribution is 2.29. The van der Waals surface area contributed by atoms with E-state index in [1.165, 1.54) is 0 Å². The van der Waals surface area contributed by atoms with E-state index in [4.69, 9.17) is 0 Å². The van der Waals surface area contributed by atoms with E-state index in [0.717, 1.165) is 36.7 Å². The highest BCUT2D eigenvalue weighted by Gasteiger charge is 2.14. The molecular formula is C13H19N3OS2. The van der Waals surface area contributed by atoms with Crippen LogP contribution in [0.2, 0.25) is 0 Å². The summed E-state index contributed by atoms with van der Waals surface area (Å²) in [5, 5.41) is 7.39. The van der Waals surface area contributed by atoms with Gasteiger partial charge in [0.1, 0.15) is 5.03 Å². The molecule has 1 amide bonds. The van der Waals surface area contributed by atoms with Gasteiger partial charge >= 0.3 is 0 Å². The molecule has 2 heterocycles. The SMILES string of the molecule is O=C(CCSSc1ccccn1)NC1CCNCC1. The predicted octanol–water partition coefficient (Wildman–Crippen LogP) is 2.08. The third kappa shape index (κ3) is 5.84. The molecule has 6 heteroatoms. The summed E-state index contributed by atoms with van der Waals surface area (Å²) in [6.07, 6.45) is 4.45. The molecule has 104 valence electrons. The lowest BCUT2D eigenvalue weighted by Gasteiger charge is -2.23. The molecule has 1 fully saturated rings. The molecular weight excluding hydrogens is 278 g/mol. The van der Waals surface area contributed by atoms with Gasteiger partial charge in [0.15, 0.2) is 0 Å². The lowest BCUT2D eigenvalue weighted by Crippen LogP contribution is -2.42. The molecule has 0 radical (unpaired) electrons. The third-order valence-corrected chi connectivity index (χ3v) is 5.17. The number of rotatable bonds is 6. The van der Waals surface area contributed by atoms with E-state index in [-0.39, 0.29) is 5.91 Å². The summed E-state index contributed by atoms with van der Waals surface area (Å²) in [6.45, 7) is 2.02. The maximum Gasteiger partial charge on any atom is 0.221 e. The number of pyridine rings is 1. The van der Waals surface area contributed by atoms with Crippen LogP contribution in [0, 0.1) is 0 Å². The van der Waals surface area contributed by atoms with Crippen LogP contribution in [0.1, 0.15) is 19.3 Å². The Morgan fingerprint density at radius 1 is 1.42 bits per heavy atom. The molecule has 2 rings (SSSR count). The number of nitrogens with zero attached hydrogens (tertiary/aromatic N) is 1. The molecule has 0 saturated carbocycles. The van der Waals surface area contributed by atoms with E-state index in [1.807, 2.05) is 18.2 Å². The van der Waals surface area contributed by atoms with E-state index in [9.17, 15) is 4.79 Å². The first-order chi connectivity index (χ1) is 9.34. The van der Waals surface area contributed by atoms with Gasteiger partial charge in [-0.1, -0.05) is 16.9 Å². The van der Waals surface area contributed by atoms with Crippen LogP contribution in [-0.4, -0.2) is 35.8 Å². The molecule has 1 aromatic rings. The van der Waals surface area contributed by atoms with Crippen molar-refractivity contribution in [1.82, 2.24) is 15.6 Å². The maximum atomic E-state index is 11.8. The van der Waals surface area contributed by atoms with Crippen LogP contribution in [0.15, 0.2) is 29.4 Å². The number of nitrogens with one attached hydrogen (secondary N) is 2. The first-order valence-corrected chi connectivity index (χ1v) is 8.87. The Kier molecular flexibility index (Phi) is 6.53. The van der Waals surface area contributed by atoms with E-state index >= 15 is 0 Å². The van der Waals surface area contributed by atoms with Gasteiger partial charge in [0, 0.05) is 24.4 Å². The second-order valence-electron chi connectivity index (χ2n) is 4.42. The van der Waals surface area contributed by atoms with Crippen LogP contribution in [0.3, 0.4) is 0 Å². The van der Waals surface area contributed by atoms with Crippen molar-refractivity contribution < 1.29 is 4.79 Å². The molecule has 0 spiro atoms. The minimum atomic E-state index is 0.168. The predicted molar refractivity (Wildman–Crippen MR) is 81.2 cm³/mol. The summed E-state index contributed by atoms with van der Waals surface area (Å²) in [5.74, 6) is 0.985. The average Bonchev–Trinajstić information content (AvgIpc) is 2.46. The van der Waals surface area contributed by atoms with Crippen molar-refractivity contribution in [3.63, 3.8) is 0 Å². The van der Waals surface area contributed by atoms with Crippen LogP contribution < -0.4 is 10.6 Å². The van der Waals surface area contributed by atoms with E-state index < -0.39 is 0 Å². The van der Waals surface area contributed by atoms with Crippen molar-refractivity contribution in [2.45, 2.75) is 30.3 Å². The molecule has 2 N–H and O–H groups in total. The molecule has 0 atom stereocenters. The molecule has 1 aromatic heterocycles. The fourth-order valence-electron chi connectivity index (χ4n) is 1.90. The minimum Gasteiger partial charge on any atom is -0.353 e. The van der Waals surface area contributed by atoms with Crippen molar-refractivity contribution in [2.24, 2.45) is 0 Å². The van der Waals surface area contributed by atoms with Crippen LogP contribution in [0.25, 0.3) is 0 Å². The van der Waals surface area contributed by atoms with Crippen molar-refractivity contribution in [1.29, 1.82) is 0 Å². The van der Waals surface area contributed by atoms with Crippen molar-refractivity contribution in [3.05, 3.63) is 24.4 Å².